The molecule has 0 saturated heterocycles. The Balaban J connectivity index is 2.67. The second-order valence-electron chi connectivity index (χ2n) is 7.07. The average molecular weight is 275 g/mol. The summed E-state index contributed by atoms with van der Waals surface area (Å²) in [5.41, 5.74) is 1.09. The van der Waals surface area contributed by atoms with Gasteiger partial charge < -0.3 is 5.32 Å². The molecule has 1 N–H and O–H groups in total. The topological polar surface area (TPSA) is 29.1 Å². The molecule has 1 atom stereocenters. The third-order valence-electron chi connectivity index (χ3n) is 4.25. The molecule has 0 aromatic heterocycles. The standard InChI is InChI=1S/C18H29NO/c1-7-17(3,4)16(20)19-14(2)13-18(5,6)15-11-9-8-10-12-15/h8-12,14H,7,13H2,1-6H3,(H,19,20). The Morgan fingerprint density at radius 1 is 1.15 bits per heavy atom. The molecule has 0 aliphatic heterocycles. The van der Waals surface area contributed by atoms with E-state index in [1.807, 2.05) is 19.9 Å². The van der Waals surface area contributed by atoms with E-state index < -0.39 is 0 Å². The molecule has 2 heteroatoms. The Labute approximate surface area is 124 Å². The highest BCUT2D eigenvalue weighted by atomic mass is 16.2. The van der Waals surface area contributed by atoms with Gasteiger partial charge in [-0.3, -0.25) is 4.79 Å². The van der Waals surface area contributed by atoms with E-state index in [1.54, 1.807) is 0 Å². The van der Waals surface area contributed by atoms with Crippen LogP contribution in [0.1, 0.15) is 59.9 Å². The van der Waals surface area contributed by atoms with Crippen LogP contribution < -0.4 is 5.32 Å². The summed E-state index contributed by atoms with van der Waals surface area (Å²) < 4.78 is 0. The van der Waals surface area contributed by atoms with Crippen molar-refractivity contribution in [3.05, 3.63) is 35.9 Å². The van der Waals surface area contributed by atoms with E-state index in [0.29, 0.717) is 0 Å². The van der Waals surface area contributed by atoms with Crippen molar-refractivity contribution < 1.29 is 4.79 Å². The molecule has 0 saturated carbocycles. The lowest BCUT2D eigenvalue weighted by Gasteiger charge is -2.31. The van der Waals surface area contributed by atoms with Gasteiger partial charge >= 0.3 is 0 Å². The number of rotatable bonds is 6. The summed E-state index contributed by atoms with van der Waals surface area (Å²) in [4.78, 5) is 12.2. The van der Waals surface area contributed by atoms with E-state index in [0.717, 1.165) is 12.8 Å². The maximum Gasteiger partial charge on any atom is 0.225 e. The highest BCUT2D eigenvalue weighted by molar-refractivity contribution is 5.81. The molecule has 0 heterocycles. The summed E-state index contributed by atoms with van der Waals surface area (Å²) in [7, 11) is 0. The Morgan fingerprint density at radius 3 is 2.20 bits per heavy atom. The SMILES string of the molecule is CCC(C)(C)C(=O)NC(C)CC(C)(C)c1ccccc1. The molecule has 0 fully saturated rings. The zero-order valence-electron chi connectivity index (χ0n) is 13.8. The maximum atomic E-state index is 12.2. The monoisotopic (exact) mass is 275 g/mol. The van der Waals surface area contributed by atoms with Crippen molar-refractivity contribution >= 4 is 5.91 Å². The van der Waals surface area contributed by atoms with E-state index >= 15 is 0 Å². The normalized spacial score (nSPS) is 13.9. The van der Waals surface area contributed by atoms with E-state index in [-0.39, 0.29) is 22.8 Å². The highest BCUT2D eigenvalue weighted by Gasteiger charge is 2.29. The van der Waals surface area contributed by atoms with Gasteiger partial charge in [-0.2, -0.15) is 0 Å². The molecule has 1 amide bonds. The molecule has 1 aromatic carbocycles. The third kappa shape index (κ3) is 4.36. The van der Waals surface area contributed by atoms with Crippen LogP contribution in [0.5, 0.6) is 0 Å². The first-order valence-electron chi connectivity index (χ1n) is 7.55. The largest absolute Gasteiger partial charge is 0.353 e. The number of nitrogens with one attached hydrogen (secondary N) is 1. The van der Waals surface area contributed by atoms with Crippen molar-refractivity contribution in [3.63, 3.8) is 0 Å². The van der Waals surface area contributed by atoms with E-state index in [1.165, 1.54) is 5.56 Å². The minimum absolute atomic E-state index is 0.0598. The first-order valence-corrected chi connectivity index (χ1v) is 7.55. The smallest absolute Gasteiger partial charge is 0.225 e. The maximum absolute atomic E-state index is 12.2. The first-order chi connectivity index (χ1) is 9.19. The van der Waals surface area contributed by atoms with Gasteiger partial charge in [-0.05, 0) is 30.7 Å². The lowest BCUT2D eigenvalue weighted by Crippen LogP contribution is -2.43. The summed E-state index contributed by atoms with van der Waals surface area (Å²) in [5, 5.41) is 3.16. The third-order valence-corrected chi connectivity index (χ3v) is 4.25. The Bertz CT molecular complexity index is 434. The van der Waals surface area contributed by atoms with Gasteiger partial charge in [0.05, 0.1) is 0 Å². The molecule has 1 aromatic rings. The number of benzene rings is 1. The van der Waals surface area contributed by atoms with Crippen LogP contribution in [-0.2, 0) is 10.2 Å². The lowest BCUT2D eigenvalue weighted by atomic mass is 9.79. The van der Waals surface area contributed by atoms with Crippen molar-refractivity contribution in [3.8, 4) is 0 Å². The first kappa shape index (κ1) is 16.7. The number of hydrogen-bond donors (Lipinski definition) is 1. The Hall–Kier alpha value is -1.31. The molecule has 0 bridgehead atoms. The molecule has 0 spiro atoms. The molecule has 2 nitrogen and oxygen atoms in total. The lowest BCUT2D eigenvalue weighted by molar-refractivity contribution is -0.130. The van der Waals surface area contributed by atoms with Gasteiger partial charge in [0.2, 0.25) is 5.91 Å². The van der Waals surface area contributed by atoms with Gasteiger partial charge in [0.1, 0.15) is 0 Å². The number of hydrogen-bond acceptors (Lipinski definition) is 1. The highest BCUT2D eigenvalue weighted by Crippen LogP contribution is 2.28. The van der Waals surface area contributed by atoms with Crippen molar-refractivity contribution in [1.29, 1.82) is 0 Å². The van der Waals surface area contributed by atoms with Crippen LogP contribution in [-0.4, -0.2) is 11.9 Å². The fourth-order valence-electron chi connectivity index (χ4n) is 2.40. The van der Waals surface area contributed by atoms with Crippen LogP contribution in [0.3, 0.4) is 0 Å². The molecule has 20 heavy (non-hydrogen) atoms. The van der Waals surface area contributed by atoms with Crippen molar-refractivity contribution in [2.45, 2.75) is 65.8 Å². The van der Waals surface area contributed by atoms with Gasteiger partial charge in [-0.1, -0.05) is 65.0 Å². The van der Waals surface area contributed by atoms with Crippen LogP contribution in [0.15, 0.2) is 30.3 Å². The fraction of sp³-hybridized carbons (Fsp3) is 0.611. The minimum atomic E-state index is -0.287. The van der Waals surface area contributed by atoms with Crippen LogP contribution in [0.2, 0.25) is 0 Å². The van der Waals surface area contributed by atoms with E-state index in [2.05, 4.69) is 57.3 Å². The Morgan fingerprint density at radius 2 is 1.70 bits per heavy atom. The van der Waals surface area contributed by atoms with Crippen LogP contribution in [0.4, 0.5) is 0 Å². The molecule has 0 aliphatic carbocycles. The minimum Gasteiger partial charge on any atom is -0.353 e. The predicted octanol–water partition coefficient (Wildman–Crippen LogP) is 4.30. The quantitative estimate of drug-likeness (QED) is 0.824. The molecule has 112 valence electrons. The average Bonchev–Trinajstić information content (AvgIpc) is 2.38. The van der Waals surface area contributed by atoms with Crippen LogP contribution >= 0.6 is 0 Å². The second-order valence-corrected chi connectivity index (χ2v) is 7.07. The summed E-state index contributed by atoms with van der Waals surface area (Å²) in [6.45, 7) is 12.6. The second kappa shape index (κ2) is 6.43. The molecular weight excluding hydrogens is 246 g/mol. The zero-order valence-corrected chi connectivity index (χ0v) is 13.8. The van der Waals surface area contributed by atoms with Crippen molar-refractivity contribution in [2.75, 3.05) is 0 Å². The van der Waals surface area contributed by atoms with Crippen LogP contribution in [0.25, 0.3) is 0 Å². The van der Waals surface area contributed by atoms with Crippen molar-refractivity contribution in [1.82, 2.24) is 5.32 Å². The van der Waals surface area contributed by atoms with Gasteiger partial charge in [0.25, 0.3) is 0 Å². The summed E-state index contributed by atoms with van der Waals surface area (Å²) in [6, 6.07) is 10.7. The fourth-order valence-corrected chi connectivity index (χ4v) is 2.40. The summed E-state index contributed by atoms with van der Waals surface area (Å²) in [6.07, 6.45) is 1.79. The number of carbonyl (C=O) groups excluding carboxylic acids is 1. The van der Waals surface area contributed by atoms with Crippen LogP contribution in [0, 0.1) is 5.41 Å². The van der Waals surface area contributed by atoms with Gasteiger partial charge in [-0.25, -0.2) is 0 Å². The number of carbonyl (C=O) groups is 1. The molecular formula is C18H29NO. The van der Waals surface area contributed by atoms with Gasteiger partial charge in [0, 0.05) is 11.5 Å². The van der Waals surface area contributed by atoms with E-state index in [9.17, 15) is 4.79 Å². The van der Waals surface area contributed by atoms with Gasteiger partial charge in [-0.15, -0.1) is 0 Å². The Kier molecular flexibility index (Phi) is 5.38. The van der Waals surface area contributed by atoms with Gasteiger partial charge in [0.15, 0.2) is 0 Å². The number of amides is 1. The molecule has 1 unspecified atom stereocenters. The van der Waals surface area contributed by atoms with Crippen molar-refractivity contribution in [2.24, 2.45) is 5.41 Å². The zero-order chi connectivity index (χ0) is 15.4. The molecule has 0 radical (unpaired) electrons. The predicted molar refractivity (Wildman–Crippen MR) is 85.8 cm³/mol. The summed E-state index contributed by atoms with van der Waals surface area (Å²) in [5.74, 6) is 0.149. The molecule has 1 rings (SSSR count). The van der Waals surface area contributed by atoms with E-state index in [4.69, 9.17) is 0 Å². The molecule has 0 aliphatic rings. The summed E-state index contributed by atoms with van der Waals surface area (Å²) >= 11 is 0.